The van der Waals surface area contributed by atoms with Crippen LogP contribution in [-0.4, -0.2) is 67.5 Å². The van der Waals surface area contributed by atoms with Gasteiger partial charge in [-0.05, 0) is 31.7 Å². The van der Waals surface area contributed by atoms with E-state index in [4.69, 9.17) is 21.3 Å². The lowest BCUT2D eigenvalue weighted by molar-refractivity contribution is -0.153. The number of aliphatic imine (C=N–C) groups is 1. The molecular weight excluding hydrogens is 356 g/mol. The highest BCUT2D eigenvalue weighted by Crippen LogP contribution is 2.32. The molecule has 1 aromatic carbocycles. The molecule has 1 N–H and O–H groups in total. The molecule has 2 aliphatic rings. The summed E-state index contributed by atoms with van der Waals surface area (Å²) in [7, 11) is 2.06. The van der Waals surface area contributed by atoms with Crippen LogP contribution < -0.4 is 5.32 Å². The quantitative estimate of drug-likeness (QED) is 0.633. The van der Waals surface area contributed by atoms with Crippen LogP contribution in [0.3, 0.4) is 0 Å². The molecule has 0 unspecified atom stereocenters. The monoisotopic (exact) mass is 378 g/mol. The molecule has 3 rings (SSSR count). The van der Waals surface area contributed by atoms with Crippen LogP contribution in [0.1, 0.15) is 18.5 Å². The van der Waals surface area contributed by atoms with Gasteiger partial charge in [-0.2, -0.15) is 0 Å². The van der Waals surface area contributed by atoms with Gasteiger partial charge in [-0.25, -0.2) is 4.99 Å². The van der Waals surface area contributed by atoms with Crippen molar-refractivity contribution in [2.24, 2.45) is 10.9 Å². The van der Waals surface area contributed by atoms with E-state index in [1.54, 1.807) is 25.1 Å². The smallest absolute Gasteiger partial charge is 0.321 e. The molecular formula is C18H23ClN4O3. The number of carbonyl (C=O) groups excluding carboxylic acids is 2. The number of piperazine rings is 1. The Morgan fingerprint density at radius 3 is 2.73 bits per heavy atom. The van der Waals surface area contributed by atoms with Crippen molar-refractivity contribution in [3.8, 4) is 0 Å². The van der Waals surface area contributed by atoms with Gasteiger partial charge in [0.25, 0.3) is 0 Å². The fourth-order valence-corrected chi connectivity index (χ4v) is 3.37. The Kier molecular flexibility index (Phi) is 5.78. The lowest BCUT2D eigenvalue weighted by Gasteiger charge is -2.37. The largest absolute Gasteiger partial charge is 0.465 e. The lowest BCUT2D eigenvalue weighted by Crippen LogP contribution is -2.56. The lowest BCUT2D eigenvalue weighted by atomic mass is 9.91. The number of likely N-dealkylation sites (N-methyl/N-ethyl adjacent to an activating group) is 1. The number of carbonyl (C=O) groups is 2. The second-order valence-corrected chi connectivity index (χ2v) is 6.90. The van der Waals surface area contributed by atoms with Gasteiger partial charge in [0.1, 0.15) is 6.04 Å². The Balaban J connectivity index is 1.95. The van der Waals surface area contributed by atoms with Gasteiger partial charge in [-0.1, -0.05) is 23.7 Å². The normalized spacial score (nSPS) is 24.0. The summed E-state index contributed by atoms with van der Waals surface area (Å²) in [5.74, 6) is -1.48. The van der Waals surface area contributed by atoms with Gasteiger partial charge in [0.05, 0.1) is 6.61 Å². The van der Waals surface area contributed by atoms with Crippen molar-refractivity contribution in [3.63, 3.8) is 0 Å². The predicted molar refractivity (Wildman–Crippen MR) is 99.0 cm³/mol. The first kappa shape index (κ1) is 18.7. The van der Waals surface area contributed by atoms with E-state index in [9.17, 15) is 9.59 Å². The minimum absolute atomic E-state index is 0.208. The zero-order chi connectivity index (χ0) is 18.7. The number of ether oxygens (including phenoxy) is 1. The molecule has 0 radical (unpaired) electrons. The number of esters is 1. The molecule has 1 amide bonds. The maximum atomic E-state index is 12.7. The van der Waals surface area contributed by atoms with Crippen molar-refractivity contribution >= 4 is 29.4 Å². The molecule has 8 heteroatoms. The number of guanidine groups is 1. The molecule has 140 valence electrons. The summed E-state index contributed by atoms with van der Waals surface area (Å²) in [4.78, 5) is 34.1. The first-order valence-corrected chi connectivity index (χ1v) is 9.11. The fraction of sp³-hybridized carbons (Fsp3) is 0.500. The molecule has 0 bridgehead atoms. The molecule has 1 saturated heterocycles. The van der Waals surface area contributed by atoms with Gasteiger partial charge < -0.3 is 14.5 Å². The first-order chi connectivity index (χ1) is 12.5. The second-order valence-electron chi connectivity index (χ2n) is 6.46. The summed E-state index contributed by atoms with van der Waals surface area (Å²) in [6.45, 7) is 5.23. The molecule has 7 nitrogen and oxygen atoms in total. The van der Waals surface area contributed by atoms with Crippen LogP contribution in [0, 0.1) is 5.92 Å². The van der Waals surface area contributed by atoms with E-state index in [2.05, 4.69) is 17.3 Å². The van der Waals surface area contributed by atoms with E-state index in [-0.39, 0.29) is 6.61 Å². The summed E-state index contributed by atoms with van der Waals surface area (Å²) >= 11 is 6.11. The Morgan fingerprint density at radius 2 is 2.08 bits per heavy atom. The Hall–Kier alpha value is -2.12. The van der Waals surface area contributed by atoms with Gasteiger partial charge in [0.2, 0.25) is 11.9 Å². The standard InChI is InChI=1S/C18H23ClN4O3/c1-3-26-17(25)14-15(12-5-4-6-13(19)11-12)20-18(21-16(14)24)23-9-7-22(2)8-10-23/h4-6,11,14-15H,3,7-10H2,1-2H3,(H,20,21,24)/t14-,15+/m1/s1. The van der Waals surface area contributed by atoms with Crippen molar-refractivity contribution in [3.05, 3.63) is 34.9 Å². The SMILES string of the molecule is CCOC(=O)[C@H]1C(=O)NC(N2CCN(C)CC2)=N[C@H]1c1cccc(Cl)c1. The molecule has 2 atom stereocenters. The topological polar surface area (TPSA) is 74.2 Å². The average molecular weight is 379 g/mol. The van der Waals surface area contributed by atoms with Gasteiger partial charge in [0.15, 0.2) is 5.92 Å². The maximum Gasteiger partial charge on any atom is 0.321 e. The molecule has 26 heavy (non-hydrogen) atoms. The number of halogens is 1. The van der Waals surface area contributed by atoms with Gasteiger partial charge >= 0.3 is 5.97 Å². The maximum absolute atomic E-state index is 12.7. The summed E-state index contributed by atoms with van der Waals surface area (Å²) in [6.07, 6.45) is 0. The Morgan fingerprint density at radius 1 is 1.35 bits per heavy atom. The van der Waals surface area contributed by atoms with Gasteiger partial charge in [-0.3, -0.25) is 14.9 Å². The number of amides is 1. The third-order valence-corrected chi connectivity index (χ3v) is 4.86. The molecule has 2 aliphatic heterocycles. The Bertz CT molecular complexity index is 716. The first-order valence-electron chi connectivity index (χ1n) is 8.74. The number of hydrogen-bond donors (Lipinski definition) is 1. The van der Waals surface area contributed by atoms with E-state index in [1.807, 2.05) is 11.0 Å². The fourth-order valence-electron chi connectivity index (χ4n) is 3.17. The van der Waals surface area contributed by atoms with Crippen molar-refractivity contribution in [2.45, 2.75) is 13.0 Å². The predicted octanol–water partition coefficient (Wildman–Crippen LogP) is 1.29. The van der Waals surface area contributed by atoms with Crippen LogP contribution in [0.5, 0.6) is 0 Å². The molecule has 1 aromatic rings. The zero-order valence-electron chi connectivity index (χ0n) is 14.9. The highest BCUT2D eigenvalue weighted by molar-refractivity contribution is 6.30. The molecule has 0 saturated carbocycles. The minimum Gasteiger partial charge on any atom is -0.465 e. The molecule has 0 aromatic heterocycles. The van der Waals surface area contributed by atoms with Crippen LogP contribution in [0.15, 0.2) is 29.3 Å². The molecule has 1 fully saturated rings. The summed E-state index contributed by atoms with van der Waals surface area (Å²) in [6, 6.07) is 6.45. The zero-order valence-corrected chi connectivity index (χ0v) is 15.7. The Labute approximate surface area is 158 Å². The van der Waals surface area contributed by atoms with Crippen molar-refractivity contribution in [1.82, 2.24) is 15.1 Å². The van der Waals surface area contributed by atoms with Gasteiger partial charge in [0, 0.05) is 31.2 Å². The van der Waals surface area contributed by atoms with Crippen molar-refractivity contribution in [2.75, 3.05) is 39.8 Å². The van der Waals surface area contributed by atoms with Crippen LogP contribution in [0.25, 0.3) is 0 Å². The third-order valence-electron chi connectivity index (χ3n) is 4.63. The highest BCUT2D eigenvalue weighted by atomic mass is 35.5. The number of hydrogen-bond acceptors (Lipinski definition) is 6. The number of nitrogens with one attached hydrogen (secondary N) is 1. The van der Waals surface area contributed by atoms with E-state index in [1.165, 1.54) is 0 Å². The van der Waals surface area contributed by atoms with E-state index in [0.29, 0.717) is 11.0 Å². The van der Waals surface area contributed by atoms with E-state index < -0.39 is 23.8 Å². The summed E-state index contributed by atoms with van der Waals surface area (Å²) in [5, 5.41) is 3.32. The molecule has 0 spiro atoms. The number of benzene rings is 1. The second kappa shape index (κ2) is 8.05. The molecule has 2 heterocycles. The van der Waals surface area contributed by atoms with Crippen LogP contribution >= 0.6 is 11.6 Å². The minimum atomic E-state index is -1.02. The van der Waals surface area contributed by atoms with Crippen molar-refractivity contribution < 1.29 is 14.3 Å². The average Bonchev–Trinajstić information content (AvgIpc) is 2.61. The highest BCUT2D eigenvalue weighted by Gasteiger charge is 2.42. The summed E-state index contributed by atoms with van der Waals surface area (Å²) in [5.41, 5.74) is 0.719. The number of rotatable bonds is 3. The van der Waals surface area contributed by atoms with E-state index >= 15 is 0 Å². The van der Waals surface area contributed by atoms with Crippen molar-refractivity contribution in [1.29, 1.82) is 0 Å². The summed E-state index contributed by atoms with van der Waals surface area (Å²) < 4.78 is 5.11. The molecule has 0 aliphatic carbocycles. The third kappa shape index (κ3) is 3.99. The number of nitrogens with zero attached hydrogens (tertiary/aromatic N) is 3. The van der Waals surface area contributed by atoms with Crippen LogP contribution in [0.4, 0.5) is 0 Å². The van der Waals surface area contributed by atoms with Crippen LogP contribution in [-0.2, 0) is 14.3 Å². The van der Waals surface area contributed by atoms with Gasteiger partial charge in [-0.15, -0.1) is 0 Å². The van der Waals surface area contributed by atoms with E-state index in [0.717, 1.165) is 31.7 Å². The van der Waals surface area contributed by atoms with Crippen LogP contribution in [0.2, 0.25) is 5.02 Å².